The van der Waals surface area contributed by atoms with Gasteiger partial charge in [-0.05, 0) is 24.6 Å². The summed E-state index contributed by atoms with van der Waals surface area (Å²) in [5.74, 6) is -0.271. The van der Waals surface area contributed by atoms with Crippen molar-refractivity contribution < 1.29 is 23.7 Å². The molecular formula is C17H17NO5. The summed E-state index contributed by atoms with van der Waals surface area (Å²) in [7, 11) is 0. The second-order valence-corrected chi connectivity index (χ2v) is 6.44. The predicted octanol–water partition coefficient (Wildman–Crippen LogP) is 1.97. The van der Waals surface area contributed by atoms with Crippen LogP contribution in [0, 0.1) is 6.92 Å². The highest BCUT2D eigenvalue weighted by Crippen LogP contribution is 2.44. The molecule has 3 aliphatic heterocycles. The van der Waals surface area contributed by atoms with Gasteiger partial charge in [-0.2, -0.15) is 0 Å². The van der Waals surface area contributed by atoms with Crippen molar-refractivity contribution in [2.75, 3.05) is 6.79 Å². The Morgan fingerprint density at radius 1 is 1.17 bits per heavy atom. The van der Waals surface area contributed by atoms with Crippen molar-refractivity contribution in [3.8, 4) is 0 Å². The lowest BCUT2D eigenvalue weighted by molar-refractivity contribution is -0.177. The van der Waals surface area contributed by atoms with Gasteiger partial charge in [-0.3, -0.25) is 4.79 Å². The van der Waals surface area contributed by atoms with Gasteiger partial charge in [0.15, 0.2) is 25.3 Å². The molecule has 0 radical (unpaired) electrons. The van der Waals surface area contributed by atoms with Crippen LogP contribution in [0.5, 0.6) is 0 Å². The third-order valence-electron chi connectivity index (χ3n) is 5.02. The molecule has 120 valence electrons. The monoisotopic (exact) mass is 315 g/mol. The molecule has 3 saturated heterocycles. The van der Waals surface area contributed by atoms with Crippen LogP contribution >= 0.6 is 0 Å². The summed E-state index contributed by atoms with van der Waals surface area (Å²) in [4.78, 5) is 15.4. The summed E-state index contributed by atoms with van der Waals surface area (Å²) >= 11 is 0. The summed E-state index contributed by atoms with van der Waals surface area (Å²) in [6.07, 6.45) is 0.889. The molecule has 6 heteroatoms. The van der Waals surface area contributed by atoms with Crippen LogP contribution in [0.15, 0.2) is 24.4 Å². The number of H-pyrrole nitrogens is 1. The molecule has 0 bridgehead atoms. The zero-order valence-electron chi connectivity index (χ0n) is 12.7. The van der Waals surface area contributed by atoms with Crippen LogP contribution in [-0.4, -0.2) is 42.3 Å². The van der Waals surface area contributed by atoms with E-state index in [1.165, 1.54) is 5.56 Å². The van der Waals surface area contributed by atoms with Crippen LogP contribution in [0.4, 0.5) is 0 Å². The number of carbonyl (C=O) groups is 1. The average Bonchev–Trinajstić information content (AvgIpc) is 3.20. The minimum absolute atomic E-state index is 0.0606. The van der Waals surface area contributed by atoms with Crippen LogP contribution in [-0.2, 0) is 23.7 Å². The molecule has 4 heterocycles. The number of esters is 1. The fraction of sp³-hybridized carbons (Fsp3) is 0.471. The minimum Gasteiger partial charge on any atom is -0.457 e. The second-order valence-electron chi connectivity index (χ2n) is 6.44. The van der Waals surface area contributed by atoms with Crippen molar-refractivity contribution in [2.24, 2.45) is 0 Å². The number of carbonyl (C=O) groups excluding carboxylic acids is 1. The number of ether oxygens (including phenoxy) is 4. The molecular weight excluding hydrogens is 298 g/mol. The third kappa shape index (κ3) is 1.95. The van der Waals surface area contributed by atoms with Gasteiger partial charge in [0, 0.05) is 23.0 Å². The number of fused-ring (bicyclic) bond motifs is 4. The lowest BCUT2D eigenvalue weighted by Gasteiger charge is -2.33. The molecule has 0 saturated carbocycles. The van der Waals surface area contributed by atoms with Gasteiger partial charge >= 0.3 is 5.97 Å². The first kappa shape index (κ1) is 13.5. The van der Waals surface area contributed by atoms with E-state index in [1.54, 1.807) is 0 Å². The van der Waals surface area contributed by atoms with Crippen LogP contribution in [0.1, 0.15) is 23.5 Å². The molecule has 0 aliphatic carbocycles. The highest BCUT2D eigenvalue weighted by molar-refractivity contribution is 5.85. The standard InChI is InChI=1S/C17H17NO5/c1-8-2-3-12-9(4-8)11(6-18-12)10-5-13(19)22-15-14(10)23-17-16(15)20-7-21-17/h2-4,6,10,14-18H,5,7H2,1H3/t10-,14-,15+,16-,17+/m1/s1. The zero-order valence-corrected chi connectivity index (χ0v) is 12.7. The third-order valence-corrected chi connectivity index (χ3v) is 5.02. The molecule has 1 aromatic heterocycles. The summed E-state index contributed by atoms with van der Waals surface area (Å²) in [6, 6.07) is 6.26. The quantitative estimate of drug-likeness (QED) is 0.815. The first-order valence-corrected chi connectivity index (χ1v) is 7.86. The molecule has 23 heavy (non-hydrogen) atoms. The Morgan fingerprint density at radius 3 is 3.00 bits per heavy atom. The smallest absolute Gasteiger partial charge is 0.306 e. The first-order valence-electron chi connectivity index (χ1n) is 7.86. The Balaban J connectivity index is 1.58. The van der Waals surface area contributed by atoms with Gasteiger partial charge in [-0.1, -0.05) is 11.6 Å². The Kier molecular flexibility index (Phi) is 2.83. The highest BCUT2D eigenvalue weighted by Gasteiger charge is 2.56. The molecule has 2 aromatic rings. The van der Waals surface area contributed by atoms with E-state index in [0.29, 0.717) is 6.42 Å². The molecule has 3 fully saturated rings. The molecule has 1 N–H and O–H groups in total. The molecule has 1 aromatic carbocycles. The number of rotatable bonds is 1. The largest absolute Gasteiger partial charge is 0.457 e. The number of hydrogen-bond donors (Lipinski definition) is 1. The van der Waals surface area contributed by atoms with Crippen LogP contribution < -0.4 is 0 Å². The van der Waals surface area contributed by atoms with Gasteiger partial charge in [0.1, 0.15) is 6.10 Å². The van der Waals surface area contributed by atoms with Gasteiger partial charge in [0.2, 0.25) is 0 Å². The Morgan fingerprint density at radius 2 is 2.09 bits per heavy atom. The fourth-order valence-electron chi connectivity index (χ4n) is 3.95. The van der Waals surface area contributed by atoms with Crippen LogP contribution in [0.2, 0.25) is 0 Å². The highest BCUT2D eigenvalue weighted by atomic mass is 16.8. The van der Waals surface area contributed by atoms with E-state index in [4.69, 9.17) is 18.9 Å². The Labute approximate surface area is 132 Å². The average molecular weight is 315 g/mol. The van der Waals surface area contributed by atoms with Crippen molar-refractivity contribution in [3.05, 3.63) is 35.5 Å². The summed E-state index contributed by atoms with van der Waals surface area (Å²) < 4.78 is 22.5. The second kappa shape index (κ2) is 4.80. The van der Waals surface area contributed by atoms with Gasteiger partial charge in [-0.25, -0.2) is 0 Å². The number of aromatic nitrogens is 1. The molecule has 0 unspecified atom stereocenters. The maximum absolute atomic E-state index is 12.1. The number of benzene rings is 1. The van der Waals surface area contributed by atoms with Gasteiger partial charge < -0.3 is 23.9 Å². The maximum atomic E-state index is 12.1. The Bertz CT molecular complexity index is 784. The number of aromatic amines is 1. The molecule has 0 amide bonds. The number of aryl methyl sites for hydroxylation is 1. The van der Waals surface area contributed by atoms with E-state index in [-0.39, 0.29) is 30.9 Å². The lowest BCUT2D eigenvalue weighted by atomic mass is 9.85. The van der Waals surface area contributed by atoms with E-state index in [1.807, 2.05) is 6.20 Å². The van der Waals surface area contributed by atoms with Crippen molar-refractivity contribution in [2.45, 2.75) is 43.9 Å². The molecule has 0 spiro atoms. The molecule has 3 aliphatic rings. The van der Waals surface area contributed by atoms with E-state index < -0.39 is 12.4 Å². The molecule has 6 nitrogen and oxygen atoms in total. The van der Waals surface area contributed by atoms with Gasteiger partial charge in [-0.15, -0.1) is 0 Å². The van der Waals surface area contributed by atoms with Crippen molar-refractivity contribution in [1.29, 1.82) is 0 Å². The summed E-state index contributed by atoms with van der Waals surface area (Å²) in [5.41, 5.74) is 3.34. The fourth-order valence-corrected chi connectivity index (χ4v) is 3.95. The Hall–Kier alpha value is -1.89. The molecule has 5 rings (SSSR count). The van der Waals surface area contributed by atoms with E-state index in [2.05, 4.69) is 30.1 Å². The van der Waals surface area contributed by atoms with Crippen molar-refractivity contribution in [3.63, 3.8) is 0 Å². The summed E-state index contributed by atoms with van der Waals surface area (Å²) in [5, 5.41) is 1.13. The predicted molar refractivity (Wildman–Crippen MR) is 79.8 cm³/mol. The number of nitrogens with one attached hydrogen (secondary N) is 1. The lowest BCUT2D eigenvalue weighted by Crippen LogP contribution is -2.44. The van der Waals surface area contributed by atoms with Crippen LogP contribution in [0.25, 0.3) is 10.9 Å². The van der Waals surface area contributed by atoms with E-state index in [0.717, 1.165) is 16.5 Å². The van der Waals surface area contributed by atoms with E-state index >= 15 is 0 Å². The number of hydrogen-bond acceptors (Lipinski definition) is 5. The van der Waals surface area contributed by atoms with Crippen molar-refractivity contribution >= 4 is 16.9 Å². The van der Waals surface area contributed by atoms with Gasteiger partial charge in [0.05, 0.1) is 6.42 Å². The topological polar surface area (TPSA) is 69.8 Å². The van der Waals surface area contributed by atoms with Crippen LogP contribution in [0.3, 0.4) is 0 Å². The zero-order chi connectivity index (χ0) is 15.6. The van der Waals surface area contributed by atoms with E-state index in [9.17, 15) is 4.79 Å². The normalized spacial score (nSPS) is 36.0. The summed E-state index contributed by atoms with van der Waals surface area (Å²) in [6.45, 7) is 2.25. The van der Waals surface area contributed by atoms with Gasteiger partial charge in [0.25, 0.3) is 0 Å². The SMILES string of the molecule is Cc1ccc2[nH]cc([C@H]3CC(=O)O[C@@H]4[C@H]5OCO[C@H]5O[C@@H]43)c2c1. The maximum Gasteiger partial charge on any atom is 0.306 e. The molecule has 5 atom stereocenters. The first-order chi connectivity index (χ1) is 11.2. The minimum atomic E-state index is -0.439. The van der Waals surface area contributed by atoms with Crippen molar-refractivity contribution in [1.82, 2.24) is 4.98 Å².